The van der Waals surface area contributed by atoms with Gasteiger partial charge in [0.15, 0.2) is 5.96 Å². The first-order valence-corrected chi connectivity index (χ1v) is 8.88. The van der Waals surface area contributed by atoms with Gasteiger partial charge in [0.05, 0.1) is 25.4 Å². The Hall–Kier alpha value is -1.86. The lowest BCUT2D eigenvalue weighted by atomic mass is 10.2. The number of aromatic nitrogens is 2. The standard InChI is InChI=1S/C17H27N5OS/c1-12-6-7-15(24-12)10-19-17(18-4)20-11-16-13(2)21-22(14(16)3)8-9-23-5/h6-7H,8-11H2,1-5H3,(H2,18,19,20). The molecular weight excluding hydrogens is 322 g/mol. The Morgan fingerprint density at radius 2 is 2.00 bits per heavy atom. The van der Waals surface area contributed by atoms with E-state index in [1.807, 2.05) is 11.6 Å². The van der Waals surface area contributed by atoms with Crippen LogP contribution in [-0.2, 0) is 24.4 Å². The lowest BCUT2D eigenvalue weighted by Crippen LogP contribution is -2.36. The summed E-state index contributed by atoms with van der Waals surface area (Å²) in [5.74, 6) is 0.796. The van der Waals surface area contributed by atoms with Gasteiger partial charge in [-0.2, -0.15) is 5.10 Å². The molecule has 0 fully saturated rings. The predicted molar refractivity (Wildman–Crippen MR) is 99.7 cm³/mol. The largest absolute Gasteiger partial charge is 0.383 e. The number of ether oxygens (including phenoxy) is 1. The second kappa shape index (κ2) is 8.84. The molecule has 132 valence electrons. The van der Waals surface area contributed by atoms with Crippen LogP contribution < -0.4 is 10.6 Å². The first-order chi connectivity index (χ1) is 11.5. The SMILES string of the molecule is CN=C(NCc1ccc(C)s1)NCc1c(C)nn(CCOC)c1C. The van der Waals surface area contributed by atoms with E-state index in [2.05, 4.69) is 46.7 Å². The highest BCUT2D eigenvalue weighted by molar-refractivity contribution is 7.11. The lowest BCUT2D eigenvalue weighted by molar-refractivity contribution is 0.182. The summed E-state index contributed by atoms with van der Waals surface area (Å²) in [5.41, 5.74) is 3.42. The van der Waals surface area contributed by atoms with Crippen LogP contribution in [0.4, 0.5) is 0 Å². The van der Waals surface area contributed by atoms with Crippen LogP contribution in [0, 0.1) is 20.8 Å². The van der Waals surface area contributed by atoms with Gasteiger partial charge < -0.3 is 15.4 Å². The van der Waals surface area contributed by atoms with Crippen LogP contribution in [0.5, 0.6) is 0 Å². The monoisotopic (exact) mass is 349 g/mol. The third kappa shape index (κ3) is 4.82. The number of aryl methyl sites for hydroxylation is 2. The molecule has 0 radical (unpaired) electrons. The molecule has 0 saturated heterocycles. The Bertz CT molecular complexity index is 689. The molecule has 24 heavy (non-hydrogen) atoms. The number of guanidine groups is 1. The molecule has 0 bridgehead atoms. The molecular formula is C17H27N5OS. The van der Waals surface area contributed by atoms with Gasteiger partial charge in [0.1, 0.15) is 0 Å². The molecule has 6 nitrogen and oxygen atoms in total. The summed E-state index contributed by atoms with van der Waals surface area (Å²) >= 11 is 1.80. The number of methoxy groups -OCH3 is 1. The van der Waals surface area contributed by atoms with Crippen molar-refractivity contribution >= 4 is 17.3 Å². The van der Waals surface area contributed by atoms with E-state index in [1.54, 1.807) is 25.5 Å². The molecule has 0 aliphatic heterocycles. The van der Waals surface area contributed by atoms with Crippen LogP contribution in [0.15, 0.2) is 17.1 Å². The van der Waals surface area contributed by atoms with Gasteiger partial charge in [0.2, 0.25) is 0 Å². The van der Waals surface area contributed by atoms with Gasteiger partial charge >= 0.3 is 0 Å². The predicted octanol–water partition coefficient (Wildman–Crippen LogP) is 2.38. The molecule has 2 heterocycles. The number of hydrogen-bond donors (Lipinski definition) is 2. The van der Waals surface area contributed by atoms with Gasteiger partial charge in [-0.05, 0) is 32.9 Å². The van der Waals surface area contributed by atoms with Gasteiger partial charge in [-0.15, -0.1) is 11.3 Å². The Morgan fingerprint density at radius 1 is 1.25 bits per heavy atom. The van der Waals surface area contributed by atoms with Crippen molar-refractivity contribution in [2.24, 2.45) is 4.99 Å². The number of hydrogen-bond acceptors (Lipinski definition) is 4. The molecule has 0 aliphatic rings. The van der Waals surface area contributed by atoms with Crippen LogP contribution in [0.2, 0.25) is 0 Å². The Kier molecular flexibility index (Phi) is 6.81. The number of rotatable bonds is 7. The summed E-state index contributed by atoms with van der Waals surface area (Å²) in [7, 11) is 3.50. The summed E-state index contributed by atoms with van der Waals surface area (Å²) in [6, 6.07) is 4.29. The minimum absolute atomic E-state index is 0.665. The molecule has 0 amide bonds. The second-order valence-electron chi connectivity index (χ2n) is 5.66. The lowest BCUT2D eigenvalue weighted by Gasteiger charge is -2.11. The number of nitrogens with one attached hydrogen (secondary N) is 2. The molecule has 2 rings (SSSR count). The maximum absolute atomic E-state index is 5.14. The summed E-state index contributed by atoms with van der Waals surface area (Å²) in [6.07, 6.45) is 0. The van der Waals surface area contributed by atoms with E-state index in [-0.39, 0.29) is 0 Å². The molecule has 0 saturated carbocycles. The van der Waals surface area contributed by atoms with E-state index in [0.29, 0.717) is 13.2 Å². The zero-order chi connectivity index (χ0) is 17.5. The van der Waals surface area contributed by atoms with Crippen LogP contribution in [0.3, 0.4) is 0 Å². The maximum Gasteiger partial charge on any atom is 0.191 e. The summed E-state index contributed by atoms with van der Waals surface area (Å²) in [6.45, 7) is 9.17. The van der Waals surface area contributed by atoms with Gasteiger partial charge in [-0.25, -0.2) is 0 Å². The van der Waals surface area contributed by atoms with E-state index >= 15 is 0 Å². The molecule has 0 atom stereocenters. The van der Waals surface area contributed by atoms with Crippen molar-refractivity contribution in [1.82, 2.24) is 20.4 Å². The Balaban J connectivity index is 1.92. The van der Waals surface area contributed by atoms with E-state index in [0.717, 1.165) is 24.7 Å². The van der Waals surface area contributed by atoms with Crippen LogP contribution in [-0.4, -0.2) is 36.5 Å². The summed E-state index contributed by atoms with van der Waals surface area (Å²) < 4.78 is 7.14. The average Bonchev–Trinajstić information content (AvgIpc) is 3.10. The van der Waals surface area contributed by atoms with Gasteiger partial charge in [-0.1, -0.05) is 0 Å². The summed E-state index contributed by atoms with van der Waals surface area (Å²) in [4.78, 5) is 6.92. The topological polar surface area (TPSA) is 63.5 Å². The van der Waals surface area contributed by atoms with Crippen molar-refractivity contribution in [2.45, 2.75) is 40.4 Å². The third-order valence-electron chi connectivity index (χ3n) is 3.92. The fourth-order valence-corrected chi connectivity index (χ4v) is 3.36. The van der Waals surface area contributed by atoms with Crippen molar-refractivity contribution in [2.75, 3.05) is 20.8 Å². The smallest absolute Gasteiger partial charge is 0.191 e. The molecule has 0 spiro atoms. The number of aliphatic imine (C=N–C) groups is 1. The highest BCUT2D eigenvalue weighted by atomic mass is 32.1. The highest BCUT2D eigenvalue weighted by Gasteiger charge is 2.11. The van der Waals surface area contributed by atoms with E-state index in [1.165, 1.54) is 21.0 Å². The zero-order valence-electron chi connectivity index (χ0n) is 15.1. The molecule has 0 aliphatic carbocycles. The Labute approximate surface area is 147 Å². The first kappa shape index (κ1) is 18.5. The molecule has 0 aromatic carbocycles. The average molecular weight is 350 g/mol. The van der Waals surface area contributed by atoms with Crippen molar-refractivity contribution in [3.63, 3.8) is 0 Å². The third-order valence-corrected chi connectivity index (χ3v) is 4.92. The van der Waals surface area contributed by atoms with Crippen LogP contribution in [0.1, 0.15) is 26.7 Å². The quantitative estimate of drug-likeness (QED) is 0.595. The first-order valence-electron chi connectivity index (χ1n) is 8.06. The summed E-state index contributed by atoms with van der Waals surface area (Å²) in [5, 5.41) is 11.3. The minimum Gasteiger partial charge on any atom is -0.383 e. The normalized spacial score (nSPS) is 11.8. The molecule has 2 aromatic rings. The molecule has 0 unspecified atom stereocenters. The van der Waals surface area contributed by atoms with E-state index < -0.39 is 0 Å². The second-order valence-corrected chi connectivity index (χ2v) is 7.03. The van der Waals surface area contributed by atoms with Gasteiger partial charge in [0.25, 0.3) is 0 Å². The highest BCUT2D eigenvalue weighted by Crippen LogP contribution is 2.15. The van der Waals surface area contributed by atoms with E-state index in [4.69, 9.17) is 4.74 Å². The number of nitrogens with zero attached hydrogens (tertiary/aromatic N) is 3. The van der Waals surface area contributed by atoms with Gasteiger partial charge in [-0.3, -0.25) is 9.67 Å². The van der Waals surface area contributed by atoms with Crippen LogP contribution in [0.25, 0.3) is 0 Å². The minimum atomic E-state index is 0.665. The zero-order valence-corrected chi connectivity index (χ0v) is 16.0. The van der Waals surface area contributed by atoms with Crippen molar-refractivity contribution in [1.29, 1.82) is 0 Å². The molecule has 7 heteroatoms. The van der Waals surface area contributed by atoms with E-state index in [9.17, 15) is 0 Å². The van der Waals surface area contributed by atoms with Crippen molar-refractivity contribution < 1.29 is 4.74 Å². The number of thiophene rings is 1. The molecule has 2 N–H and O–H groups in total. The fourth-order valence-electron chi connectivity index (χ4n) is 2.53. The van der Waals surface area contributed by atoms with Crippen LogP contribution >= 0.6 is 11.3 Å². The molecule has 2 aromatic heterocycles. The fraction of sp³-hybridized carbons (Fsp3) is 0.529. The Morgan fingerprint density at radius 3 is 2.62 bits per heavy atom. The van der Waals surface area contributed by atoms with Crippen molar-refractivity contribution in [3.05, 3.63) is 38.8 Å². The van der Waals surface area contributed by atoms with Crippen molar-refractivity contribution in [3.8, 4) is 0 Å². The van der Waals surface area contributed by atoms with Gasteiger partial charge in [0, 0.05) is 41.7 Å². The maximum atomic E-state index is 5.14.